The van der Waals surface area contributed by atoms with Crippen molar-refractivity contribution in [3.63, 3.8) is 0 Å². The van der Waals surface area contributed by atoms with Crippen LogP contribution in [0.5, 0.6) is 11.5 Å². The Morgan fingerprint density at radius 1 is 0.794 bits per heavy atom. The molecule has 0 aromatic heterocycles. The number of hydrogen-bond acceptors (Lipinski definition) is 2. The topological polar surface area (TPSA) is 12.5 Å². The molecule has 0 bridgehead atoms. The van der Waals surface area contributed by atoms with Crippen molar-refractivity contribution >= 4 is 40.2 Å². The van der Waals surface area contributed by atoms with E-state index in [1.54, 1.807) is 0 Å². The van der Waals surface area contributed by atoms with Gasteiger partial charge in [0.15, 0.2) is 0 Å². The van der Waals surface area contributed by atoms with Gasteiger partial charge >= 0.3 is 216 Å². The molecular formula is C29H22Cl2NOZr. The van der Waals surface area contributed by atoms with Crippen molar-refractivity contribution in [1.29, 1.82) is 0 Å². The number of nitrogens with zero attached hydrogens (tertiary/aromatic N) is 1. The van der Waals surface area contributed by atoms with Gasteiger partial charge in [0.2, 0.25) is 0 Å². The summed E-state index contributed by atoms with van der Waals surface area (Å²) in [5.74, 6) is 1.69. The molecule has 1 atom stereocenters. The first kappa shape index (κ1) is 22.2. The second-order valence-corrected chi connectivity index (χ2v) is 17.7. The maximum atomic E-state index is 6.71. The van der Waals surface area contributed by atoms with Crippen LogP contribution in [0.15, 0.2) is 90.5 Å². The molecule has 167 valence electrons. The molecule has 34 heavy (non-hydrogen) atoms. The molecule has 2 nitrogen and oxygen atoms in total. The van der Waals surface area contributed by atoms with Gasteiger partial charge in [0, 0.05) is 0 Å². The number of fused-ring (bicyclic) bond motifs is 3. The maximum absolute atomic E-state index is 6.71. The van der Waals surface area contributed by atoms with Gasteiger partial charge in [0.1, 0.15) is 0 Å². The third kappa shape index (κ3) is 3.66. The molecule has 4 aromatic rings. The monoisotopic (exact) mass is 560 g/mol. The van der Waals surface area contributed by atoms with E-state index in [4.69, 9.17) is 21.8 Å². The molecule has 1 aliphatic heterocycles. The molecule has 0 saturated carbocycles. The third-order valence-electron chi connectivity index (χ3n) is 6.61. The molecule has 5 heteroatoms. The SMILES string of the molecule is CC1=Cc2c(-c3ccc(C)cc3)cc(N3c4ccccc4Oc4ccccc43)cc2[CH]1[Zr]([Cl])[Cl]. The fourth-order valence-electron chi connectivity index (χ4n) is 4.99. The number of allylic oxidation sites excluding steroid dienone is 1. The molecule has 2 aliphatic rings. The van der Waals surface area contributed by atoms with Crippen molar-refractivity contribution in [2.24, 2.45) is 0 Å². The van der Waals surface area contributed by atoms with E-state index >= 15 is 0 Å². The number of aryl methyl sites for hydroxylation is 1. The van der Waals surface area contributed by atoms with E-state index < -0.39 is 19.4 Å². The number of para-hydroxylation sites is 4. The van der Waals surface area contributed by atoms with Gasteiger partial charge in [-0.25, -0.2) is 0 Å². The zero-order chi connectivity index (χ0) is 23.4. The molecule has 1 aliphatic carbocycles. The molecule has 1 heterocycles. The van der Waals surface area contributed by atoms with Crippen molar-refractivity contribution in [3.05, 3.63) is 107 Å². The number of hydrogen-bond donors (Lipinski definition) is 0. The van der Waals surface area contributed by atoms with Gasteiger partial charge < -0.3 is 0 Å². The predicted octanol–water partition coefficient (Wildman–Crippen LogP) is 9.62. The molecule has 0 N–H and O–H groups in total. The Morgan fingerprint density at radius 2 is 1.41 bits per heavy atom. The van der Waals surface area contributed by atoms with E-state index in [0.29, 0.717) is 0 Å². The normalized spacial score (nSPS) is 15.7. The quantitative estimate of drug-likeness (QED) is 0.217. The third-order valence-corrected chi connectivity index (χ3v) is 12.1. The first-order valence-corrected chi connectivity index (χ1v) is 19.0. The summed E-state index contributed by atoms with van der Waals surface area (Å²) in [6.45, 7) is 4.28. The first-order valence-electron chi connectivity index (χ1n) is 11.3. The van der Waals surface area contributed by atoms with E-state index in [1.165, 1.54) is 33.4 Å². The molecule has 6 rings (SSSR count). The van der Waals surface area contributed by atoms with Crippen molar-refractivity contribution in [2.75, 3.05) is 4.90 Å². The number of rotatable bonds is 3. The van der Waals surface area contributed by atoms with Crippen LogP contribution in [0.2, 0.25) is 0 Å². The summed E-state index contributed by atoms with van der Waals surface area (Å²) in [5, 5.41) is 0. The molecule has 4 aromatic carbocycles. The molecule has 1 unspecified atom stereocenters. The zero-order valence-corrected chi connectivity index (χ0v) is 22.8. The van der Waals surface area contributed by atoms with Gasteiger partial charge in [-0.05, 0) is 0 Å². The fourth-order valence-corrected chi connectivity index (χ4v) is 10.6. The Labute approximate surface area is 215 Å². The van der Waals surface area contributed by atoms with E-state index in [1.807, 2.05) is 24.3 Å². The minimum atomic E-state index is -2.62. The van der Waals surface area contributed by atoms with Crippen LogP contribution in [0.25, 0.3) is 17.2 Å². The van der Waals surface area contributed by atoms with E-state index in [0.717, 1.165) is 28.6 Å². The Balaban J connectivity index is 1.63. The summed E-state index contributed by atoms with van der Waals surface area (Å²) in [6, 6.07) is 29.7. The summed E-state index contributed by atoms with van der Waals surface area (Å²) >= 11 is -2.62. The zero-order valence-electron chi connectivity index (χ0n) is 18.8. The van der Waals surface area contributed by atoms with E-state index in [-0.39, 0.29) is 3.63 Å². The van der Waals surface area contributed by atoms with Crippen LogP contribution in [0.1, 0.15) is 27.2 Å². The fraction of sp³-hybridized carbons (Fsp3) is 0.103. The van der Waals surface area contributed by atoms with E-state index in [9.17, 15) is 0 Å². The average molecular weight is 563 g/mol. The van der Waals surface area contributed by atoms with Gasteiger partial charge in [0.05, 0.1) is 0 Å². The first-order chi connectivity index (χ1) is 16.5. The van der Waals surface area contributed by atoms with Crippen LogP contribution in [0, 0.1) is 6.92 Å². The standard InChI is InChI=1S/C29H22NO.2ClH.Zr/c1-19-11-13-21(14-12-19)25-18-23(17-22-15-20(2)16-24(22)25)30-26-7-3-5-9-28(26)31-29-10-6-4-8-27(29)30;;;/h3-18H,1-2H3;2*1H;/q;;;+2/p-2. The molecule has 0 radical (unpaired) electrons. The summed E-state index contributed by atoms with van der Waals surface area (Å²) in [6.07, 6.45) is 2.28. The van der Waals surface area contributed by atoms with Crippen LogP contribution >= 0.6 is 17.0 Å². The second kappa shape index (κ2) is 8.72. The van der Waals surface area contributed by atoms with Crippen LogP contribution in [0.3, 0.4) is 0 Å². The summed E-state index contributed by atoms with van der Waals surface area (Å²) < 4.78 is 6.39. The molecule has 0 saturated heterocycles. The van der Waals surface area contributed by atoms with Crippen molar-refractivity contribution < 1.29 is 24.1 Å². The van der Waals surface area contributed by atoms with Crippen LogP contribution in [-0.4, -0.2) is 0 Å². The Bertz CT molecular complexity index is 1400. The van der Waals surface area contributed by atoms with Crippen molar-refractivity contribution in [2.45, 2.75) is 17.5 Å². The van der Waals surface area contributed by atoms with Crippen LogP contribution in [-0.2, 0) is 19.4 Å². The number of halogens is 2. The Kier molecular flexibility index (Phi) is 5.68. The van der Waals surface area contributed by atoms with Crippen molar-refractivity contribution in [3.8, 4) is 22.6 Å². The van der Waals surface area contributed by atoms with Gasteiger partial charge in [-0.2, -0.15) is 0 Å². The molecule has 0 fully saturated rings. The second-order valence-electron chi connectivity index (χ2n) is 8.85. The van der Waals surface area contributed by atoms with Gasteiger partial charge in [-0.3, -0.25) is 0 Å². The summed E-state index contributed by atoms with van der Waals surface area (Å²) in [5.41, 5.74) is 10.5. The van der Waals surface area contributed by atoms with Gasteiger partial charge in [-0.15, -0.1) is 0 Å². The summed E-state index contributed by atoms with van der Waals surface area (Å²) in [4.78, 5) is 2.29. The molecule has 0 spiro atoms. The predicted molar refractivity (Wildman–Crippen MR) is 139 cm³/mol. The van der Waals surface area contributed by atoms with Gasteiger partial charge in [0.25, 0.3) is 0 Å². The van der Waals surface area contributed by atoms with Crippen molar-refractivity contribution in [1.82, 2.24) is 0 Å². The van der Waals surface area contributed by atoms with Crippen LogP contribution < -0.4 is 9.64 Å². The number of anilines is 3. The van der Waals surface area contributed by atoms with Crippen LogP contribution in [0.4, 0.5) is 17.1 Å². The van der Waals surface area contributed by atoms with E-state index in [2.05, 4.69) is 85.5 Å². The average Bonchev–Trinajstić information content (AvgIpc) is 3.18. The minimum absolute atomic E-state index is 0.149. The summed E-state index contributed by atoms with van der Waals surface area (Å²) in [7, 11) is 13.4. The molecule has 0 amide bonds. The molecular weight excluding hydrogens is 540 g/mol. The number of ether oxygens (including phenoxy) is 1. The Morgan fingerprint density at radius 3 is 2.03 bits per heavy atom. The van der Waals surface area contributed by atoms with Gasteiger partial charge in [-0.1, -0.05) is 0 Å². The Hall–Kier alpha value is -2.32. The number of benzene rings is 4.